The fourth-order valence-corrected chi connectivity index (χ4v) is 5.14. The van der Waals surface area contributed by atoms with Gasteiger partial charge in [-0.15, -0.1) is 0 Å². The molecule has 1 saturated heterocycles. The average molecular weight is 520 g/mol. The summed E-state index contributed by atoms with van der Waals surface area (Å²) >= 11 is 6.16. The summed E-state index contributed by atoms with van der Waals surface area (Å²) in [5.74, 6) is -0.821. The third-order valence-electron chi connectivity index (χ3n) is 6.89. The maximum absolute atomic E-state index is 14.8. The lowest BCUT2D eigenvalue weighted by Gasteiger charge is -2.37. The third kappa shape index (κ3) is 5.58. The number of benzene rings is 1. The van der Waals surface area contributed by atoms with Gasteiger partial charge in [-0.2, -0.15) is 0 Å². The molecule has 2 aliphatic rings. The first-order chi connectivity index (χ1) is 17.0. The fourth-order valence-electron chi connectivity index (χ4n) is 4.96. The summed E-state index contributed by atoms with van der Waals surface area (Å²) in [5.41, 5.74) is 0.511. The topological polar surface area (TPSA) is 90.7 Å². The van der Waals surface area contributed by atoms with Crippen LogP contribution in [0, 0.1) is 11.2 Å². The molecule has 1 fully saturated rings. The molecule has 1 aromatic heterocycles. The molecule has 3 heterocycles. The van der Waals surface area contributed by atoms with Crippen LogP contribution in [0.15, 0.2) is 18.2 Å². The number of carbonyl (C=O) groups excluding carboxylic acids is 2. The van der Waals surface area contributed by atoms with Crippen LogP contribution >= 0.6 is 11.6 Å². The number of nitrogens with zero attached hydrogens (tertiary/aromatic N) is 4. The number of β-amino-alcohol motifs (C(OH)–C–C–N with tert-alkyl or cyclic N) is 1. The number of piperidine rings is 1. The van der Waals surface area contributed by atoms with Gasteiger partial charge in [0.1, 0.15) is 17.7 Å². The van der Waals surface area contributed by atoms with Crippen LogP contribution in [-0.2, 0) is 17.9 Å². The number of hydrogen-bond acceptors (Lipinski definition) is 5. The van der Waals surface area contributed by atoms with Gasteiger partial charge < -0.3 is 24.8 Å². The Kier molecular flexibility index (Phi) is 7.73. The Balaban J connectivity index is 1.71. The third-order valence-corrected chi connectivity index (χ3v) is 7.13. The second-order valence-corrected chi connectivity index (χ2v) is 11.4. The van der Waals surface area contributed by atoms with Gasteiger partial charge in [0.15, 0.2) is 5.69 Å². The van der Waals surface area contributed by atoms with Gasteiger partial charge >= 0.3 is 0 Å². The lowest BCUT2D eigenvalue weighted by atomic mass is 9.85. The average Bonchev–Trinajstić information content (AvgIpc) is 3.03. The van der Waals surface area contributed by atoms with Crippen molar-refractivity contribution in [2.45, 2.75) is 65.3 Å². The Morgan fingerprint density at radius 2 is 1.97 bits per heavy atom. The van der Waals surface area contributed by atoms with E-state index in [4.69, 9.17) is 11.6 Å². The number of imidazole rings is 1. The molecule has 2 aromatic rings. The quantitative estimate of drug-likeness (QED) is 0.647. The molecule has 1 aromatic carbocycles. The molecule has 10 heteroatoms. The van der Waals surface area contributed by atoms with Crippen LogP contribution in [0.5, 0.6) is 0 Å². The van der Waals surface area contributed by atoms with E-state index in [1.165, 1.54) is 18.2 Å². The summed E-state index contributed by atoms with van der Waals surface area (Å²) < 4.78 is 16.7. The van der Waals surface area contributed by atoms with E-state index in [0.29, 0.717) is 49.0 Å². The smallest absolute Gasteiger partial charge is 0.272 e. The van der Waals surface area contributed by atoms with Gasteiger partial charge in [-0.3, -0.25) is 9.59 Å². The minimum Gasteiger partial charge on any atom is -0.391 e. The molecule has 2 N–H and O–H groups in total. The van der Waals surface area contributed by atoms with Crippen molar-refractivity contribution >= 4 is 23.4 Å². The summed E-state index contributed by atoms with van der Waals surface area (Å²) in [6, 6.07) is 3.47. The Hall–Kier alpha value is -2.49. The predicted molar refractivity (Wildman–Crippen MR) is 136 cm³/mol. The van der Waals surface area contributed by atoms with Crippen molar-refractivity contribution < 1.29 is 19.1 Å². The van der Waals surface area contributed by atoms with E-state index in [1.807, 2.05) is 32.4 Å². The van der Waals surface area contributed by atoms with Gasteiger partial charge in [-0.1, -0.05) is 32.4 Å². The van der Waals surface area contributed by atoms with Crippen molar-refractivity contribution in [3.8, 4) is 11.4 Å². The summed E-state index contributed by atoms with van der Waals surface area (Å²) in [6.45, 7) is 8.34. The van der Waals surface area contributed by atoms with Crippen LogP contribution in [0.4, 0.5) is 4.39 Å². The number of nitrogens with one attached hydrogen (secondary N) is 1. The first kappa shape index (κ1) is 26.6. The molecule has 0 bridgehead atoms. The minimum absolute atomic E-state index is 0.179. The van der Waals surface area contributed by atoms with Crippen LogP contribution in [0.1, 0.15) is 56.2 Å². The van der Waals surface area contributed by atoms with E-state index in [9.17, 15) is 19.1 Å². The Labute approximate surface area is 216 Å². The van der Waals surface area contributed by atoms with E-state index in [2.05, 4.69) is 15.2 Å². The minimum atomic E-state index is -0.817. The number of hydrogen-bond donors (Lipinski definition) is 2. The number of aliphatic hydroxyl groups excluding tert-OH is 1. The number of aliphatic hydroxyl groups is 1. The van der Waals surface area contributed by atoms with Gasteiger partial charge in [0.2, 0.25) is 5.91 Å². The molecule has 196 valence electrons. The van der Waals surface area contributed by atoms with Gasteiger partial charge in [-0.05, 0) is 56.5 Å². The maximum atomic E-state index is 14.8. The largest absolute Gasteiger partial charge is 0.391 e. The van der Waals surface area contributed by atoms with Crippen molar-refractivity contribution in [2.75, 3.05) is 26.7 Å². The van der Waals surface area contributed by atoms with E-state index in [1.54, 1.807) is 4.90 Å². The first-order valence-corrected chi connectivity index (χ1v) is 12.8. The molecule has 2 aliphatic heterocycles. The Bertz CT molecular complexity index is 1150. The number of fused-ring (bicyclic) bond motifs is 1. The van der Waals surface area contributed by atoms with Crippen LogP contribution < -0.4 is 5.32 Å². The molecule has 2 unspecified atom stereocenters. The lowest BCUT2D eigenvalue weighted by Crippen LogP contribution is -2.57. The van der Waals surface area contributed by atoms with Crippen molar-refractivity contribution in [2.24, 2.45) is 5.41 Å². The molecule has 0 aliphatic carbocycles. The molecule has 0 radical (unpaired) electrons. The number of amides is 2. The van der Waals surface area contributed by atoms with E-state index in [0.717, 1.165) is 13.0 Å². The zero-order chi connectivity index (χ0) is 26.2. The molecule has 2 atom stereocenters. The van der Waals surface area contributed by atoms with Crippen molar-refractivity contribution in [3.05, 3.63) is 40.4 Å². The molecular formula is C26H35ClFN5O3. The number of carbonyl (C=O) groups is 2. The molecule has 8 nitrogen and oxygen atoms in total. The van der Waals surface area contributed by atoms with E-state index < -0.39 is 29.3 Å². The highest BCUT2D eigenvalue weighted by atomic mass is 35.5. The maximum Gasteiger partial charge on any atom is 0.272 e. The van der Waals surface area contributed by atoms with Gasteiger partial charge in [0.25, 0.3) is 5.91 Å². The van der Waals surface area contributed by atoms with Gasteiger partial charge in [0, 0.05) is 31.2 Å². The SMILES string of the molecule is CN1CCCn2c(-c3cc(Cl)ccc3F)nc(C(=O)NC(C(=O)N3CCCC(O)C3)C(C)(C)C)c2C1. The molecule has 4 rings (SSSR count). The zero-order valence-corrected chi connectivity index (χ0v) is 22.1. The molecule has 36 heavy (non-hydrogen) atoms. The zero-order valence-electron chi connectivity index (χ0n) is 21.4. The fraction of sp³-hybridized carbons (Fsp3) is 0.577. The Morgan fingerprint density at radius 3 is 2.67 bits per heavy atom. The van der Waals surface area contributed by atoms with Crippen molar-refractivity contribution in [1.29, 1.82) is 0 Å². The molecule has 0 saturated carbocycles. The summed E-state index contributed by atoms with van der Waals surface area (Å²) in [6.07, 6.45) is 1.63. The monoisotopic (exact) mass is 519 g/mol. The van der Waals surface area contributed by atoms with Crippen LogP contribution in [-0.4, -0.2) is 75.1 Å². The molecule has 0 spiro atoms. The molecule has 2 amide bonds. The standard InChI is InChI=1S/C26H35ClFN5O3/c1-26(2,3)22(25(36)32-11-5-7-17(34)14-32)30-24(35)21-20-15-31(4)10-6-12-33(20)23(29-21)18-13-16(27)8-9-19(18)28/h8-9,13,17,22,34H,5-7,10-12,14-15H2,1-4H3,(H,30,35). The van der Waals surface area contributed by atoms with E-state index in [-0.39, 0.29) is 23.7 Å². The number of likely N-dealkylation sites (tertiary alicyclic amines) is 1. The van der Waals surface area contributed by atoms with Gasteiger partial charge in [-0.25, -0.2) is 9.37 Å². The second-order valence-electron chi connectivity index (χ2n) is 11.0. The number of aromatic nitrogens is 2. The summed E-state index contributed by atoms with van der Waals surface area (Å²) in [4.78, 5) is 35.5. The Morgan fingerprint density at radius 1 is 1.22 bits per heavy atom. The van der Waals surface area contributed by atoms with Crippen molar-refractivity contribution in [1.82, 2.24) is 24.7 Å². The van der Waals surface area contributed by atoms with Gasteiger partial charge in [0.05, 0.1) is 17.4 Å². The highest BCUT2D eigenvalue weighted by molar-refractivity contribution is 6.30. The normalized spacial score (nSPS) is 20.0. The summed E-state index contributed by atoms with van der Waals surface area (Å²) in [5, 5.41) is 13.4. The molecular weight excluding hydrogens is 485 g/mol. The second kappa shape index (κ2) is 10.5. The lowest BCUT2D eigenvalue weighted by molar-refractivity contribution is -0.138. The van der Waals surface area contributed by atoms with Crippen LogP contribution in [0.2, 0.25) is 5.02 Å². The predicted octanol–water partition coefficient (Wildman–Crippen LogP) is 3.31. The van der Waals surface area contributed by atoms with Crippen molar-refractivity contribution in [3.63, 3.8) is 0 Å². The number of rotatable bonds is 4. The van der Waals surface area contributed by atoms with E-state index >= 15 is 0 Å². The highest BCUT2D eigenvalue weighted by Crippen LogP contribution is 2.30. The first-order valence-electron chi connectivity index (χ1n) is 12.5. The summed E-state index contributed by atoms with van der Waals surface area (Å²) in [7, 11) is 1.97. The highest BCUT2D eigenvalue weighted by Gasteiger charge is 2.38. The van der Waals surface area contributed by atoms with Crippen LogP contribution in [0.25, 0.3) is 11.4 Å². The number of halogens is 2. The van der Waals surface area contributed by atoms with Crippen LogP contribution in [0.3, 0.4) is 0 Å².